The molecule has 4 fully saturated rings. The van der Waals surface area contributed by atoms with Crippen LogP contribution in [0.15, 0.2) is 42.5 Å². The van der Waals surface area contributed by atoms with Gasteiger partial charge in [-0.05, 0) is 86.4 Å². The van der Waals surface area contributed by atoms with Gasteiger partial charge in [-0.3, -0.25) is 9.69 Å². The number of nitrogens with zero attached hydrogens (tertiary/aromatic N) is 6. The maximum absolute atomic E-state index is 13.8. The number of halogens is 2. The predicted octanol–water partition coefficient (Wildman–Crippen LogP) is 4.67. The summed E-state index contributed by atoms with van der Waals surface area (Å²) in [7, 11) is 0. The molecule has 1 aromatic heterocycles. The number of aromatic nitrogens is 3. The van der Waals surface area contributed by atoms with Crippen LogP contribution in [-0.4, -0.2) is 75.5 Å². The van der Waals surface area contributed by atoms with Gasteiger partial charge in [0.25, 0.3) is 5.91 Å². The smallest absolute Gasteiger partial charge is 0.276 e. The van der Waals surface area contributed by atoms with E-state index in [1.807, 2.05) is 36.1 Å². The van der Waals surface area contributed by atoms with Gasteiger partial charge in [0.05, 0.1) is 16.4 Å². The average Bonchev–Trinajstić information content (AvgIpc) is 3.42. The summed E-state index contributed by atoms with van der Waals surface area (Å²) in [6.07, 6.45) is 4.63. The van der Waals surface area contributed by atoms with Gasteiger partial charge in [0.15, 0.2) is 5.69 Å². The number of hydrogen-bond acceptors (Lipinski definition) is 5. The normalized spacial score (nSPS) is 25.4. The second kappa shape index (κ2) is 9.35. The Bertz CT molecular complexity index is 1360. The first-order valence-electron chi connectivity index (χ1n) is 13.7. The SMILES string of the molecule is Cc1c(C(=O)N2CC3CC(N4CCN(c5ccc(F)cc5)CC4)C2C3)nnn1-c1ccc(C2CC2)cc1Cl. The molecule has 198 valence electrons. The van der Waals surface area contributed by atoms with E-state index in [0.717, 1.165) is 62.6 Å². The molecule has 2 aromatic carbocycles. The molecule has 3 unspecified atom stereocenters. The fraction of sp³-hybridized carbons (Fsp3) is 0.483. The second-order valence-electron chi connectivity index (χ2n) is 11.3. The summed E-state index contributed by atoms with van der Waals surface area (Å²) in [4.78, 5) is 20.7. The van der Waals surface area contributed by atoms with Crippen molar-refractivity contribution in [3.05, 3.63) is 70.3 Å². The van der Waals surface area contributed by atoms with Gasteiger partial charge in [0.1, 0.15) is 5.82 Å². The highest BCUT2D eigenvalue weighted by Crippen LogP contribution is 2.43. The molecule has 3 atom stereocenters. The Balaban J connectivity index is 1.05. The van der Waals surface area contributed by atoms with Gasteiger partial charge in [-0.15, -0.1) is 5.10 Å². The van der Waals surface area contributed by atoms with Crippen molar-refractivity contribution in [3.63, 3.8) is 0 Å². The van der Waals surface area contributed by atoms with Crippen LogP contribution in [0.4, 0.5) is 10.1 Å². The molecule has 7 nitrogen and oxygen atoms in total. The van der Waals surface area contributed by atoms with Crippen LogP contribution in [0.25, 0.3) is 5.69 Å². The molecule has 1 amide bonds. The van der Waals surface area contributed by atoms with E-state index < -0.39 is 0 Å². The topological polar surface area (TPSA) is 57.5 Å². The molecule has 3 aromatic rings. The van der Waals surface area contributed by atoms with Crippen LogP contribution in [0.2, 0.25) is 5.02 Å². The molecule has 7 rings (SSSR count). The van der Waals surface area contributed by atoms with Crippen LogP contribution < -0.4 is 4.90 Å². The quantitative estimate of drug-likeness (QED) is 0.476. The van der Waals surface area contributed by atoms with Crippen molar-refractivity contribution in [1.82, 2.24) is 24.8 Å². The minimum absolute atomic E-state index is 0.0263. The molecule has 0 spiro atoms. The van der Waals surface area contributed by atoms with E-state index in [-0.39, 0.29) is 17.8 Å². The zero-order valence-corrected chi connectivity index (χ0v) is 22.3. The van der Waals surface area contributed by atoms with Crippen LogP contribution in [0.3, 0.4) is 0 Å². The summed E-state index contributed by atoms with van der Waals surface area (Å²) in [5.41, 5.74) is 4.24. The third-order valence-electron chi connectivity index (χ3n) is 9.03. The summed E-state index contributed by atoms with van der Waals surface area (Å²) in [6, 6.07) is 13.5. The number of likely N-dealkylation sites (tertiary alicyclic amines) is 1. The number of fused-ring (bicyclic) bond motifs is 2. The number of amides is 1. The maximum atomic E-state index is 13.8. The van der Waals surface area contributed by atoms with Crippen molar-refractivity contribution in [2.75, 3.05) is 37.6 Å². The van der Waals surface area contributed by atoms with Crippen molar-refractivity contribution < 1.29 is 9.18 Å². The van der Waals surface area contributed by atoms with Crippen molar-refractivity contribution >= 4 is 23.2 Å². The van der Waals surface area contributed by atoms with E-state index in [9.17, 15) is 9.18 Å². The molecule has 38 heavy (non-hydrogen) atoms. The molecule has 2 saturated carbocycles. The lowest BCUT2D eigenvalue weighted by Gasteiger charge is -2.44. The first-order valence-corrected chi connectivity index (χ1v) is 14.1. The van der Waals surface area contributed by atoms with Crippen LogP contribution in [0.1, 0.15) is 53.3 Å². The van der Waals surface area contributed by atoms with Crippen LogP contribution in [0, 0.1) is 18.7 Å². The number of hydrogen-bond donors (Lipinski definition) is 0. The summed E-state index contributed by atoms with van der Waals surface area (Å²) in [5, 5.41) is 9.31. The first kappa shape index (κ1) is 24.1. The van der Waals surface area contributed by atoms with Gasteiger partial charge in [0, 0.05) is 50.5 Å². The van der Waals surface area contributed by atoms with E-state index in [1.54, 1.807) is 4.68 Å². The van der Waals surface area contributed by atoms with Gasteiger partial charge < -0.3 is 9.80 Å². The third kappa shape index (κ3) is 4.18. The lowest BCUT2D eigenvalue weighted by atomic mass is 10.0. The molecule has 2 bridgehead atoms. The zero-order chi connectivity index (χ0) is 26.0. The highest BCUT2D eigenvalue weighted by molar-refractivity contribution is 6.32. The minimum atomic E-state index is -0.205. The molecule has 9 heteroatoms. The summed E-state index contributed by atoms with van der Waals surface area (Å²) >= 11 is 6.63. The number of piperidine rings is 1. The largest absolute Gasteiger partial charge is 0.369 e. The fourth-order valence-electron chi connectivity index (χ4n) is 6.84. The molecule has 3 heterocycles. The Morgan fingerprint density at radius 1 is 1.00 bits per heavy atom. The van der Waals surface area contributed by atoms with Gasteiger partial charge in [-0.1, -0.05) is 22.9 Å². The monoisotopic (exact) mass is 534 g/mol. The molecule has 2 saturated heterocycles. The first-order chi connectivity index (χ1) is 18.5. The fourth-order valence-corrected chi connectivity index (χ4v) is 7.11. The average molecular weight is 535 g/mol. The Hall–Kier alpha value is -2.97. The minimum Gasteiger partial charge on any atom is -0.369 e. The lowest BCUT2D eigenvalue weighted by Crippen LogP contribution is -2.57. The number of anilines is 1. The summed E-state index contributed by atoms with van der Waals surface area (Å²) in [6.45, 7) is 6.38. The van der Waals surface area contributed by atoms with E-state index in [1.165, 1.54) is 30.5 Å². The van der Waals surface area contributed by atoms with Crippen molar-refractivity contribution in [2.45, 2.75) is 50.6 Å². The third-order valence-corrected chi connectivity index (χ3v) is 9.33. The molecular weight excluding hydrogens is 503 g/mol. The Kier molecular flexibility index (Phi) is 5.93. The number of carbonyl (C=O) groups is 1. The molecule has 2 aliphatic heterocycles. The standard InChI is InChI=1S/C29H32ClFN6O/c1-18-28(32-33-37(18)25-9-4-21(16-24(25)30)20-2-3-20)29(38)36-17-19-14-26(27(36)15-19)35-12-10-34(11-13-35)23-7-5-22(31)6-8-23/h4-9,16,19-20,26-27H,2-3,10-15,17H2,1H3. The molecule has 0 radical (unpaired) electrons. The van der Waals surface area contributed by atoms with Gasteiger partial charge in [-0.2, -0.15) is 0 Å². The van der Waals surface area contributed by atoms with Gasteiger partial charge in [-0.25, -0.2) is 9.07 Å². The van der Waals surface area contributed by atoms with Gasteiger partial charge >= 0.3 is 0 Å². The lowest BCUT2D eigenvalue weighted by molar-refractivity contribution is 0.0504. The number of carbonyl (C=O) groups excluding carboxylic acids is 1. The van der Waals surface area contributed by atoms with Crippen molar-refractivity contribution in [2.24, 2.45) is 5.92 Å². The number of rotatable bonds is 5. The molecule has 4 aliphatic rings. The number of benzene rings is 2. The van der Waals surface area contributed by atoms with Crippen molar-refractivity contribution in [3.8, 4) is 5.69 Å². The van der Waals surface area contributed by atoms with E-state index in [4.69, 9.17) is 11.6 Å². The van der Waals surface area contributed by atoms with Crippen LogP contribution in [-0.2, 0) is 0 Å². The predicted molar refractivity (Wildman–Crippen MR) is 145 cm³/mol. The van der Waals surface area contributed by atoms with Crippen molar-refractivity contribution in [1.29, 1.82) is 0 Å². The highest BCUT2D eigenvalue weighted by Gasteiger charge is 2.50. The van der Waals surface area contributed by atoms with E-state index in [0.29, 0.717) is 28.6 Å². The zero-order valence-electron chi connectivity index (χ0n) is 21.6. The van der Waals surface area contributed by atoms with Crippen LogP contribution >= 0.6 is 11.6 Å². The Morgan fingerprint density at radius 3 is 2.42 bits per heavy atom. The van der Waals surface area contributed by atoms with E-state index >= 15 is 0 Å². The molecular formula is C29H32ClFN6O. The van der Waals surface area contributed by atoms with Crippen LogP contribution in [0.5, 0.6) is 0 Å². The second-order valence-corrected chi connectivity index (χ2v) is 11.8. The van der Waals surface area contributed by atoms with E-state index in [2.05, 4.69) is 26.2 Å². The molecule has 0 N–H and O–H groups in total. The highest BCUT2D eigenvalue weighted by atomic mass is 35.5. The molecule has 2 aliphatic carbocycles. The maximum Gasteiger partial charge on any atom is 0.276 e. The summed E-state index contributed by atoms with van der Waals surface area (Å²) in [5.74, 6) is 0.925. The summed E-state index contributed by atoms with van der Waals surface area (Å²) < 4.78 is 15.0. The Labute approximate surface area is 227 Å². The Morgan fingerprint density at radius 2 is 1.74 bits per heavy atom. The number of piperazine rings is 1. The van der Waals surface area contributed by atoms with Gasteiger partial charge in [0.2, 0.25) is 0 Å².